The molecule has 2 N–H and O–H groups in total. The van der Waals surface area contributed by atoms with E-state index in [0.29, 0.717) is 0 Å². The Balaban J connectivity index is 2.07. The van der Waals surface area contributed by atoms with Crippen molar-refractivity contribution >= 4 is 34.6 Å². The summed E-state index contributed by atoms with van der Waals surface area (Å²) in [7, 11) is 0. The average Bonchev–Trinajstić information content (AvgIpc) is 3.09. The Morgan fingerprint density at radius 1 is 1.20 bits per heavy atom. The summed E-state index contributed by atoms with van der Waals surface area (Å²) in [6.07, 6.45) is -0.108. The van der Waals surface area contributed by atoms with Gasteiger partial charge in [0, 0.05) is 9.75 Å². The van der Waals surface area contributed by atoms with E-state index in [-0.39, 0.29) is 18.2 Å². The molecule has 1 amide bonds. The monoisotopic (exact) mass is 309 g/mol. The number of nitrogens with one attached hydrogen (secondary N) is 1. The zero-order chi connectivity index (χ0) is 14.5. The molecule has 2 atom stereocenters. The molecule has 0 aliphatic heterocycles. The highest BCUT2D eigenvalue weighted by Crippen LogP contribution is 2.25. The smallest absolute Gasteiger partial charge is 0.305 e. The van der Waals surface area contributed by atoms with Crippen molar-refractivity contribution in [1.29, 1.82) is 0 Å². The van der Waals surface area contributed by atoms with Crippen molar-refractivity contribution in [1.82, 2.24) is 5.32 Å². The van der Waals surface area contributed by atoms with E-state index in [1.54, 1.807) is 0 Å². The molecular formula is C14H15NO3S2. The van der Waals surface area contributed by atoms with E-state index in [1.807, 2.05) is 41.9 Å². The molecule has 2 heterocycles. The third kappa shape index (κ3) is 3.68. The Morgan fingerprint density at radius 2 is 1.80 bits per heavy atom. The average molecular weight is 309 g/mol. The van der Waals surface area contributed by atoms with Gasteiger partial charge in [0.1, 0.15) is 0 Å². The fourth-order valence-electron chi connectivity index (χ4n) is 1.85. The summed E-state index contributed by atoms with van der Waals surface area (Å²) in [5.41, 5.74) is 0. The molecule has 0 saturated heterocycles. The van der Waals surface area contributed by atoms with Crippen LogP contribution >= 0.6 is 22.7 Å². The number of amides is 1. The van der Waals surface area contributed by atoms with Gasteiger partial charge in [-0.05, 0) is 29.8 Å². The second-order valence-electron chi connectivity index (χ2n) is 4.41. The predicted octanol–water partition coefficient (Wildman–Crippen LogP) is 3.25. The van der Waals surface area contributed by atoms with Gasteiger partial charge < -0.3 is 10.4 Å². The Labute approximate surface area is 125 Å². The minimum atomic E-state index is -0.924. The summed E-state index contributed by atoms with van der Waals surface area (Å²) in [5.74, 6) is -1.34. The first-order valence-electron chi connectivity index (χ1n) is 6.17. The zero-order valence-corrected chi connectivity index (χ0v) is 12.5. The van der Waals surface area contributed by atoms with Gasteiger partial charge in [0.05, 0.1) is 18.4 Å². The van der Waals surface area contributed by atoms with Gasteiger partial charge >= 0.3 is 5.97 Å². The van der Waals surface area contributed by atoms with Gasteiger partial charge in [-0.15, -0.1) is 22.7 Å². The normalized spacial score (nSPS) is 13.7. The lowest BCUT2D eigenvalue weighted by atomic mass is 10.1. The lowest BCUT2D eigenvalue weighted by molar-refractivity contribution is -0.137. The van der Waals surface area contributed by atoms with Crippen molar-refractivity contribution in [2.24, 2.45) is 0 Å². The molecule has 0 fully saturated rings. The summed E-state index contributed by atoms with van der Waals surface area (Å²) in [5, 5.41) is 15.6. The molecule has 0 radical (unpaired) electrons. The van der Waals surface area contributed by atoms with Gasteiger partial charge in [-0.2, -0.15) is 0 Å². The van der Waals surface area contributed by atoms with Crippen LogP contribution in [-0.2, 0) is 9.59 Å². The van der Waals surface area contributed by atoms with E-state index >= 15 is 0 Å². The molecule has 0 aromatic carbocycles. The Kier molecular flexibility index (Phi) is 4.92. The number of hydrogen-bond donors (Lipinski definition) is 2. The Bertz CT molecular complexity index is 563. The van der Waals surface area contributed by atoms with Crippen molar-refractivity contribution in [3.63, 3.8) is 0 Å². The molecule has 106 valence electrons. The van der Waals surface area contributed by atoms with E-state index in [4.69, 9.17) is 5.11 Å². The van der Waals surface area contributed by atoms with Crippen LogP contribution in [0.1, 0.15) is 35.1 Å². The first-order chi connectivity index (χ1) is 9.58. The van der Waals surface area contributed by atoms with Gasteiger partial charge in [-0.1, -0.05) is 12.1 Å². The molecule has 2 aromatic heterocycles. The van der Waals surface area contributed by atoms with Gasteiger partial charge in [0.15, 0.2) is 0 Å². The molecule has 2 rings (SSSR count). The largest absolute Gasteiger partial charge is 0.481 e. The topological polar surface area (TPSA) is 66.4 Å². The number of thiophene rings is 2. The van der Waals surface area contributed by atoms with Gasteiger partial charge in [0.2, 0.25) is 5.91 Å². The van der Waals surface area contributed by atoms with Crippen molar-refractivity contribution < 1.29 is 14.7 Å². The van der Waals surface area contributed by atoms with Gasteiger partial charge in [-0.25, -0.2) is 0 Å². The molecule has 0 saturated carbocycles. The standard InChI is InChI=1S/C14H15NO3S2/c1-9(11-4-2-6-19-11)14(18)15-10(8-13(16)17)12-5-3-7-20-12/h2-7,9-10H,8H2,1H3,(H,15,18)(H,16,17)/t9-,10+/m0/s1. The highest BCUT2D eigenvalue weighted by molar-refractivity contribution is 7.10. The van der Waals surface area contributed by atoms with Crippen LogP contribution in [0.2, 0.25) is 0 Å². The molecule has 20 heavy (non-hydrogen) atoms. The van der Waals surface area contributed by atoms with Crippen LogP contribution in [0, 0.1) is 0 Å². The number of carboxylic acid groups (broad SMARTS) is 1. The molecule has 0 bridgehead atoms. The first-order valence-corrected chi connectivity index (χ1v) is 7.93. The summed E-state index contributed by atoms with van der Waals surface area (Å²) in [6, 6.07) is 7.03. The van der Waals surface area contributed by atoms with Crippen molar-refractivity contribution in [3.8, 4) is 0 Å². The third-order valence-corrected chi connectivity index (χ3v) is 4.99. The van der Waals surface area contributed by atoms with Crippen LogP contribution in [0.3, 0.4) is 0 Å². The van der Waals surface area contributed by atoms with Gasteiger partial charge in [-0.3, -0.25) is 9.59 Å². The summed E-state index contributed by atoms with van der Waals surface area (Å²) in [4.78, 5) is 25.0. The van der Waals surface area contributed by atoms with Crippen molar-refractivity contribution in [3.05, 3.63) is 44.8 Å². The third-order valence-electron chi connectivity index (χ3n) is 2.95. The number of carboxylic acids is 1. The van der Waals surface area contributed by atoms with Crippen LogP contribution in [0.15, 0.2) is 35.0 Å². The predicted molar refractivity (Wildman–Crippen MR) is 80.2 cm³/mol. The fraction of sp³-hybridized carbons (Fsp3) is 0.286. The molecule has 0 unspecified atom stereocenters. The lowest BCUT2D eigenvalue weighted by Gasteiger charge is -2.18. The quantitative estimate of drug-likeness (QED) is 0.861. The van der Waals surface area contributed by atoms with E-state index in [9.17, 15) is 9.59 Å². The minimum Gasteiger partial charge on any atom is -0.481 e. The maximum atomic E-state index is 12.2. The molecule has 6 heteroatoms. The van der Waals surface area contributed by atoms with Crippen LogP contribution < -0.4 is 5.32 Å². The highest BCUT2D eigenvalue weighted by atomic mass is 32.1. The molecule has 2 aromatic rings. The van der Waals surface area contributed by atoms with E-state index in [0.717, 1.165) is 9.75 Å². The highest BCUT2D eigenvalue weighted by Gasteiger charge is 2.23. The summed E-state index contributed by atoms with van der Waals surface area (Å²) >= 11 is 2.97. The zero-order valence-electron chi connectivity index (χ0n) is 10.9. The van der Waals surface area contributed by atoms with Gasteiger partial charge in [0.25, 0.3) is 0 Å². The lowest BCUT2D eigenvalue weighted by Crippen LogP contribution is -2.32. The Hall–Kier alpha value is -1.66. The SMILES string of the molecule is C[C@H](C(=O)N[C@H](CC(=O)O)c1cccs1)c1cccs1. The second kappa shape index (κ2) is 6.67. The summed E-state index contributed by atoms with van der Waals surface area (Å²) in [6.45, 7) is 1.83. The maximum Gasteiger partial charge on any atom is 0.305 e. The molecular weight excluding hydrogens is 294 g/mol. The van der Waals surface area contributed by atoms with Crippen molar-refractivity contribution in [2.75, 3.05) is 0 Å². The van der Waals surface area contributed by atoms with E-state index in [2.05, 4.69) is 5.32 Å². The van der Waals surface area contributed by atoms with Crippen LogP contribution in [-0.4, -0.2) is 17.0 Å². The van der Waals surface area contributed by atoms with Crippen molar-refractivity contribution in [2.45, 2.75) is 25.3 Å². The number of carbonyl (C=O) groups is 2. The maximum absolute atomic E-state index is 12.2. The number of carbonyl (C=O) groups excluding carboxylic acids is 1. The molecule has 0 aliphatic rings. The summed E-state index contributed by atoms with van der Waals surface area (Å²) < 4.78 is 0. The van der Waals surface area contributed by atoms with E-state index < -0.39 is 12.0 Å². The Morgan fingerprint density at radius 3 is 2.30 bits per heavy atom. The molecule has 0 aliphatic carbocycles. The van der Waals surface area contributed by atoms with Crippen LogP contribution in [0.25, 0.3) is 0 Å². The second-order valence-corrected chi connectivity index (χ2v) is 6.37. The van der Waals surface area contributed by atoms with E-state index in [1.165, 1.54) is 22.7 Å². The fourth-order valence-corrected chi connectivity index (χ4v) is 3.41. The number of hydrogen-bond acceptors (Lipinski definition) is 4. The van der Waals surface area contributed by atoms with Crippen LogP contribution in [0.4, 0.5) is 0 Å². The van der Waals surface area contributed by atoms with Crippen LogP contribution in [0.5, 0.6) is 0 Å². The first kappa shape index (κ1) is 14.7. The minimum absolute atomic E-state index is 0.108. The number of rotatable bonds is 6. The molecule has 4 nitrogen and oxygen atoms in total. The number of aliphatic carboxylic acids is 1. The molecule has 0 spiro atoms.